The molecule has 7 heteroatoms. The number of rotatable bonds is 2. The van der Waals surface area contributed by atoms with Gasteiger partial charge < -0.3 is 10.1 Å². The molecule has 6 atom stereocenters. The second kappa shape index (κ2) is 7.01. The van der Waals surface area contributed by atoms with Crippen LogP contribution in [-0.4, -0.2) is 12.1 Å². The van der Waals surface area contributed by atoms with Gasteiger partial charge >= 0.3 is 12.1 Å². The molecule has 1 heterocycles. The number of ether oxygens (including phenoxy) is 1. The van der Waals surface area contributed by atoms with Crippen LogP contribution in [-0.2, 0) is 15.7 Å². The number of hydrogen-bond acceptors (Lipinski definition) is 4. The average molecular weight is 426 g/mol. The maximum absolute atomic E-state index is 13.4. The summed E-state index contributed by atoms with van der Waals surface area (Å²) in [6, 6.07) is 13.3. The van der Waals surface area contributed by atoms with E-state index in [2.05, 4.69) is 11.4 Å². The zero-order valence-corrected chi connectivity index (χ0v) is 16.8. The fourth-order valence-corrected chi connectivity index (χ4v) is 6.09. The number of nitrogens with zero attached hydrogens (tertiary/aromatic N) is 1. The Labute approximate surface area is 178 Å². The van der Waals surface area contributed by atoms with Crippen LogP contribution in [0.1, 0.15) is 54.0 Å². The topological polar surface area (TPSA) is 62.1 Å². The van der Waals surface area contributed by atoms with Gasteiger partial charge in [0.1, 0.15) is 6.10 Å². The van der Waals surface area contributed by atoms with Crippen molar-refractivity contribution in [1.29, 1.82) is 5.26 Å². The molecule has 3 aliphatic rings. The van der Waals surface area contributed by atoms with E-state index in [1.165, 1.54) is 19.1 Å². The first-order valence-electron chi connectivity index (χ1n) is 10.4. The summed E-state index contributed by atoms with van der Waals surface area (Å²) in [4.78, 5) is 11.6. The van der Waals surface area contributed by atoms with Gasteiger partial charge in [0.15, 0.2) is 0 Å². The fraction of sp³-hybridized carbons (Fsp3) is 0.417. The zero-order valence-electron chi connectivity index (χ0n) is 16.8. The standard InChI is InChI=1S/C24H21F3N2O2/c1-12(30)31-20-9-15-8-18(20)22-17-10-16(24(25,26)27)6-7-19(17)29-23(21(15)22)14-4-2-13(11-28)3-5-14/h2-7,10,15,18,20-23,29H,8-9H2,1H3. The maximum atomic E-state index is 13.4. The van der Waals surface area contributed by atoms with Gasteiger partial charge in [0.25, 0.3) is 0 Å². The first-order valence-corrected chi connectivity index (χ1v) is 10.4. The Bertz CT molecular complexity index is 1070. The van der Waals surface area contributed by atoms with Gasteiger partial charge in [-0.25, -0.2) is 0 Å². The number of fused-ring (bicyclic) bond motifs is 7. The first-order chi connectivity index (χ1) is 14.8. The smallest absolute Gasteiger partial charge is 0.416 e. The number of halogens is 3. The van der Waals surface area contributed by atoms with E-state index >= 15 is 0 Å². The van der Waals surface area contributed by atoms with Crippen LogP contribution >= 0.6 is 0 Å². The van der Waals surface area contributed by atoms with Crippen molar-refractivity contribution in [3.8, 4) is 6.07 Å². The van der Waals surface area contributed by atoms with Crippen molar-refractivity contribution in [2.45, 2.75) is 44.0 Å². The minimum atomic E-state index is -4.42. The summed E-state index contributed by atoms with van der Waals surface area (Å²) in [6.07, 6.45) is -3.11. The molecule has 2 aromatic carbocycles. The number of carbonyl (C=O) groups is 1. The molecule has 4 nitrogen and oxygen atoms in total. The summed E-state index contributed by atoms with van der Waals surface area (Å²) in [5.41, 5.74) is 2.27. The van der Waals surface area contributed by atoms with Crippen molar-refractivity contribution in [3.05, 3.63) is 64.7 Å². The van der Waals surface area contributed by atoms with E-state index in [0.29, 0.717) is 16.8 Å². The first kappa shape index (κ1) is 19.9. The van der Waals surface area contributed by atoms with Crippen LogP contribution in [0.4, 0.5) is 18.9 Å². The van der Waals surface area contributed by atoms with Gasteiger partial charge in [0, 0.05) is 18.5 Å². The minimum absolute atomic E-state index is 0.00381. The summed E-state index contributed by atoms with van der Waals surface area (Å²) in [5, 5.41) is 12.6. The SMILES string of the molecule is CC(=O)OC1CC2CC1C1c3cc(C(F)(F)F)ccc3NC(c3ccc(C#N)cc3)C21. The molecule has 2 aromatic rings. The highest BCUT2D eigenvalue weighted by Crippen LogP contribution is 2.64. The monoisotopic (exact) mass is 426 g/mol. The molecule has 31 heavy (non-hydrogen) atoms. The highest BCUT2D eigenvalue weighted by molar-refractivity contribution is 5.66. The average Bonchev–Trinajstić information content (AvgIpc) is 3.30. The van der Waals surface area contributed by atoms with Gasteiger partial charge in [-0.15, -0.1) is 0 Å². The zero-order chi connectivity index (χ0) is 21.9. The molecule has 0 radical (unpaired) electrons. The highest BCUT2D eigenvalue weighted by Gasteiger charge is 2.58. The third kappa shape index (κ3) is 3.25. The van der Waals surface area contributed by atoms with Crippen molar-refractivity contribution < 1.29 is 22.7 Å². The van der Waals surface area contributed by atoms with Crippen LogP contribution in [0.15, 0.2) is 42.5 Å². The van der Waals surface area contributed by atoms with Crippen LogP contribution in [0.5, 0.6) is 0 Å². The second-order valence-electron chi connectivity index (χ2n) is 8.80. The van der Waals surface area contributed by atoms with Gasteiger partial charge in [0.05, 0.1) is 23.2 Å². The molecule has 6 unspecified atom stereocenters. The quantitative estimate of drug-likeness (QED) is 0.652. The van der Waals surface area contributed by atoms with Crippen molar-refractivity contribution >= 4 is 11.7 Å². The van der Waals surface area contributed by atoms with Crippen molar-refractivity contribution in [3.63, 3.8) is 0 Å². The summed E-state index contributed by atoms with van der Waals surface area (Å²) in [7, 11) is 0. The molecule has 2 saturated carbocycles. The summed E-state index contributed by atoms with van der Waals surface area (Å²) < 4.78 is 45.9. The Morgan fingerprint density at radius 2 is 1.90 bits per heavy atom. The number of alkyl halides is 3. The molecule has 0 amide bonds. The molecule has 2 fully saturated rings. The molecule has 2 bridgehead atoms. The summed E-state index contributed by atoms with van der Waals surface area (Å²) in [6.45, 7) is 1.38. The molecule has 1 N–H and O–H groups in total. The number of nitriles is 1. The van der Waals surface area contributed by atoms with E-state index in [9.17, 15) is 18.0 Å². The van der Waals surface area contributed by atoms with Crippen molar-refractivity contribution in [1.82, 2.24) is 0 Å². The van der Waals surface area contributed by atoms with E-state index < -0.39 is 11.7 Å². The lowest BCUT2D eigenvalue weighted by atomic mass is 9.67. The molecule has 0 saturated heterocycles. The van der Waals surface area contributed by atoms with Gasteiger partial charge in [-0.05, 0) is 72.1 Å². The lowest BCUT2D eigenvalue weighted by Crippen LogP contribution is -2.40. The Morgan fingerprint density at radius 1 is 1.16 bits per heavy atom. The Balaban J connectivity index is 1.59. The lowest BCUT2D eigenvalue weighted by molar-refractivity contribution is -0.149. The van der Waals surface area contributed by atoms with Gasteiger partial charge in [-0.1, -0.05) is 12.1 Å². The highest BCUT2D eigenvalue weighted by atomic mass is 19.4. The number of anilines is 1. The third-order valence-electron chi connectivity index (χ3n) is 7.16. The van der Waals surface area contributed by atoms with Crippen LogP contribution in [0.2, 0.25) is 0 Å². The predicted octanol–water partition coefficient (Wildman–Crippen LogP) is 5.42. The number of esters is 1. The van der Waals surface area contributed by atoms with Crippen molar-refractivity contribution in [2.75, 3.05) is 5.32 Å². The summed E-state index contributed by atoms with van der Waals surface area (Å²) in [5.74, 6) is -0.127. The molecule has 5 rings (SSSR count). The second-order valence-corrected chi connectivity index (χ2v) is 8.80. The number of hydrogen-bond donors (Lipinski definition) is 1. The number of nitrogens with one attached hydrogen (secondary N) is 1. The third-order valence-corrected chi connectivity index (χ3v) is 7.16. The van der Waals surface area contributed by atoms with E-state index in [1.54, 1.807) is 12.1 Å². The fourth-order valence-electron chi connectivity index (χ4n) is 6.09. The van der Waals surface area contributed by atoms with E-state index in [0.717, 1.165) is 24.5 Å². The normalized spacial score (nSPS) is 30.7. The van der Waals surface area contributed by atoms with E-state index in [1.807, 2.05) is 12.1 Å². The molecular weight excluding hydrogens is 405 g/mol. The van der Waals surface area contributed by atoms with Gasteiger partial charge in [0.2, 0.25) is 0 Å². The van der Waals surface area contributed by atoms with Crippen LogP contribution in [0, 0.1) is 29.1 Å². The molecular formula is C24H21F3N2O2. The predicted molar refractivity (Wildman–Crippen MR) is 107 cm³/mol. The largest absolute Gasteiger partial charge is 0.462 e. The van der Waals surface area contributed by atoms with Crippen LogP contribution in [0.3, 0.4) is 0 Å². The van der Waals surface area contributed by atoms with E-state index in [4.69, 9.17) is 10.00 Å². The number of carbonyl (C=O) groups excluding carboxylic acids is 1. The molecule has 1 aliphatic heterocycles. The van der Waals surface area contributed by atoms with Gasteiger partial charge in [-0.2, -0.15) is 18.4 Å². The summed E-state index contributed by atoms with van der Waals surface area (Å²) >= 11 is 0. The van der Waals surface area contributed by atoms with Gasteiger partial charge in [-0.3, -0.25) is 4.79 Å². The van der Waals surface area contributed by atoms with Crippen LogP contribution in [0.25, 0.3) is 0 Å². The minimum Gasteiger partial charge on any atom is -0.462 e. The Morgan fingerprint density at radius 3 is 2.55 bits per heavy atom. The Kier molecular flexibility index (Phi) is 4.51. The molecule has 2 aliphatic carbocycles. The Hall–Kier alpha value is -3.01. The lowest BCUT2D eigenvalue weighted by Gasteiger charge is -2.45. The molecule has 0 spiro atoms. The van der Waals surface area contributed by atoms with E-state index in [-0.39, 0.29) is 41.8 Å². The maximum Gasteiger partial charge on any atom is 0.416 e. The molecule has 0 aromatic heterocycles. The van der Waals surface area contributed by atoms with Crippen molar-refractivity contribution in [2.24, 2.45) is 17.8 Å². The molecule has 160 valence electrons. The number of benzene rings is 2. The van der Waals surface area contributed by atoms with Crippen LogP contribution < -0.4 is 5.32 Å².